The number of nitrogens with zero attached hydrogens (tertiary/aromatic N) is 5. The van der Waals surface area contributed by atoms with E-state index in [1.807, 2.05) is 62.0 Å². The van der Waals surface area contributed by atoms with Crippen LogP contribution in [0.3, 0.4) is 0 Å². The first kappa shape index (κ1) is 19.0. The van der Waals surface area contributed by atoms with E-state index in [9.17, 15) is 4.79 Å². The van der Waals surface area contributed by atoms with Gasteiger partial charge in [0.2, 0.25) is 0 Å². The van der Waals surface area contributed by atoms with Crippen LogP contribution in [0, 0.1) is 6.92 Å². The van der Waals surface area contributed by atoms with Crippen LogP contribution >= 0.6 is 0 Å². The lowest BCUT2D eigenvalue weighted by molar-refractivity contribution is 0.0938. The van der Waals surface area contributed by atoms with Gasteiger partial charge in [0, 0.05) is 55.1 Å². The van der Waals surface area contributed by atoms with Gasteiger partial charge in [0.25, 0.3) is 5.91 Å². The van der Waals surface area contributed by atoms with Crippen LogP contribution in [0.25, 0.3) is 33.2 Å². The lowest BCUT2D eigenvalue weighted by Gasteiger charge is -2.10. The molecule has 1 N–H and O–H groups in total. The number of carbonyl (C=O) groups is 1. The largest absolute Gasteiger partial charge is 0.350 e. The Labute approximate surface area is 179 Å². The van der Waals surface area contributed by atoms with Crippen molar-refractivity contribution in [2.24, 2.45) is 14.1 Å². The molecule has 3 heterocycles. The molecule has 5 aromatic rings. The van der Waals surface area contributed by atoms with Crippen molar-refractivity contribution in [1.82, 2.24) is 29.4 Å². The number of amides is 1. The normalized spacial score (nSPS) is 11.3. The fraction of sp³-hybridized carbons (Fsp3) is 0.167. The van der Waals surface area contributed by atoms with Crippen molar-refractivity contribution >= 4 is 27.8 Å². The number of carbonyl (C=O) groups excluding carboxylic acids is 1. The van der Waals surface area contributed by atoms with Crippen LogP contribution in [0.15, 0.2) is 60.9 Å². The maximum Gasteiger partial charge on any atom is 0.287 e. The van der Waals surface area contributed by atoms with Gasteiger partial charge in [-0.2, -0.15) is 0 Å². The number of benzene rings is 2. The first-order valence-electron chi connectivity index (χ1n) is 10.1. The fourth-order valence-corrected chi connectivity index (χ4v) is 3.99. The highest BCUT2D eigenvalue weighted by molar-refractivity contribution is 5.96. The number of aromatic nitrogens is 5. The summed E-state index contributed by atoms with van der Waals surface area (Å²) < 4.78 is 3.89. The Morgan fingerprint density at radius 2 is 1.74 bits per heavy atom. The lowest BCUT2D eigenvalue weighted by atomic mass is 10.1. The number of para-hydroxylation sites is 3. The zero-order chi connectivity index (χ0) is 21.5. The Bertz CT molecular complexity index is 1450. The molecule has 2 aromatic carbocycles. The van der Waals surface area contributed by atoms with Gasteiger partial charge in [-0.05, 0) is 25.1 Å². The molecular weight excluding hydrogens is 388 g/mol. The Balaban J connectivity index is 1.49. The molecule has 154 valence electrons. The highest BCUT2D eigenvalue weighted by Gasteiger charge is 2.18. The molecule has 0 bridgehead atoms. The molecule has 0 radical (unpaired) electrons. The molecule has 31 heavy (non-hydrogen) atoms. The van der Waals surface area contributed by atoms with Crippen LogP contribution in [0.4, 0.5) is 0 Å². The summed E-state index contributed by atoms with van der Waals surface area (Å²) in [6, 6.07) is 15.9. The monoisotopic (exact) mass is 410 g/mol. The predicted molar refractivity (Wildman–Crippen MR) is 121 cm³/mol. The van der Waals surface area contributed by atoms with Crippen LogP contribution in [-0.2, 0) is 20.6 Å². The lowest BCUT2D eigenvalue weighted by Crippen LogP contribution is -2.26. The molecule has 0 aliphatic heterocycles. The maximum atomic E-state index is 12.9. The third-order valence-corrected chi connectivity index (χ3v) is 5.57. The van der Waals surface area contributed by atoms with Crippen molar-refractivity contribution in [2.45, 2.75) is 13.5 Å². The molecule has 0 aliphatic rings. The molecule has 3 aromatic heterocycles. The third kappa shape index (κ3) is 3.24. The molecule has 0 aliphatic carbocycles. The van der Waals surface area contributed by atoms with Crippen LogP contribution < -0.4 is 5.32 Å². The van der Waals surface area contributed by atoms with Crippen LogP contribution in [-0.4, -0.2) is 30.0 Å². The number of rotatable bonds is 4. The Morgan fingerprint density at radius 1 is 1.00 bits per heavy atom. The second kappa shape index (κ2) is 7.36. The van der Waals surface area contributed by atoms with Gasteiger partial charge < -0.3 is 14.5 Å². The molecule has 7 heteroatoms. The van der Waals surface area contributed by atoms with Crippen molar-refractivity contribution in [1.29, 1.82) is 0 Å². The standard InChI is InChI=1S/C24H22N6O/c1-15-25-12-16(22(27-15)18-14-29(2)20-10-6-4-8-17(18)20)13-26-24(31)23-28-19-9-5-7-11-21(19)30(23)3/h4-12,14H,13H2,1-3H3,(H,26,31). The summed E-state index contributed by atoms with van der Waals surface area (Å²) in [6.45, 7) is 2.18. The van der Waals surface area contributed by atoms with Gasteiger partial charge in [-0.3, -0.25) is 4.79 Å². The zero-order valence-corrected chi connectivity index (χ0v) is 17.6. The summed E-state index contributed by atoms with van der Waals surface area (Å²) in [6.07, 6.45) is 3.86. The summed E-state index contributed by atoms with van der Waals surface area (Å²) in [4.78, 5) is 26.5. The van der Waals surface area contributed by atoms with Crippen molar-refractivity contribution in [3.8, 4) is 11.3 Å². The van der Waals surface area contributed by atoms with Gasteiger partial charge in [0.05, 0.1) is 16.7 Å². The Kier molecular flexibility index (Phi) is 4.51. The van der Waals surface area contributed by atoms with E-state index < -0.39 is 0 Å². The summed E-state index contributed by atoms with van der Waals surface area (Å²) >= 11 is 0. The van der Waals surface area contributed by atoms with E-state index in [1.54, 1.807) is 6.20 Å². The van der Waals surface area contributed by atoms with E-state index in [4.69, 9.17) is 4.98 Å². The van der Waals surface area contributed by atoms with Crippen LogP contribution in [0.1, 0.15) is 22.0 Å². The summed E-state index contributed by atoms with van der Waals surface area (Å²) in [5.41, 5.74) is 5.55. The molecule has 0 atom stereocenters. The van der Waals surface area contributed by atoms with Gasteiger partial charge >= 0.3 is 0 Å². The van der Waals surface area contributed by atoms with E-state index in [0.717, 1.165) is 38.8 Å². The quantitative estimate of drug-likeness (QED) is 0.489. The molecule has 0 unspecified atom stereocenters. The SMILES string of the molecule is Cc1ncc(CNC(=O)c2nc3ccccc3n2C)c(-c2cn(C)c3ccccc23)n1. The molecular formula is C24H22N6O. The predicted octanol–water partition coefficient (Wildman–Crippen LogP) is 3.76. The smallest absolute Gasteiger partial charge is 0.287 e. The summed E-state index contributed by atoms with van der Waals surface area (Å²) in [7, 11) is 3.87. The van der Waals surface area contributed by atoms with E-state index in [1.165, 1.54) is 0 Å². The van der Waals surface area contributed by atoms with Crippen molar-refractivity contribution < 1.29 is 4.79 Å². The molecule has 5 rings (SSSR count). The molecule has 0 fully saturated rings. The van der Waals surface area contributed by atoms with E-state index in [-0.39, 0.29) is 5.91 Å². The van der Waals surface area contributed by atoms with Crippen molar-refractivity contribution in [3.05, 3.63) is 78.1 Å². The van der Waals surface area contributed by atoms with Gasteiger partial charge in [0.1, 0.15) is 5.82 Å². The number of hydrogen-bond donors (Lipinski definition) is 1. The molecule has 0 spiro atoms. The van der Waals surface area contributed by atoms with Crippen LogP contribution in [0.2, 0.25) is 0 Å². The molecule has 1 amide bonds. The van der Waals surface area contributed by atoms with Gasteiger partial charge in [-0.1, -0.05) is 30.3 Å². The van der Waals surface area contributed by atoms with E-state index >= 15 is 0 Å². The molecule has 7 nitrogen and oxygen atoms in total. The maximum absolute atomic E-state index is 12.9. The zero-order valence-electron chi connectivity index (χ0n) is 17.6. The fourth-order valence-electron chi connectivity index (χ4n) is 3.99. The Hall–Kier alpha value is -4.00. The molecule has 0 saturated carbocycles. The van der Waals surface area contributed by atoms with Crippen molar-refractivity contribution in [2.75, 3.05) is 0 Å². The topological polar surface area (TPSA) is 77.6 Å². The second-order valence-corrected chi connectivity index (χ2v) is 7.63. The molecule has 0 saturated heterocycles. The minimum atomic E-state index is -0.233. The van der Waals surface area contributed by atoms with Crippen molar-refractivity contribution in [3.63, 3.8) is 0 Å². The Morgan fingerprint density at radius 3 is 2.55 bits per heavy atom. The highest BCUT2D eigenvalue weighted by Crippen LogP contribution is 2.31. The minimum Gasteiger partial charge on any atom is -0.350 e. The summed E-state index contributed by atoms with van der Waals surface area (Å²) in [5, 5.41) is 4.11. The second-order valence-electron chi connectivity index (χ2n) is 7.63. The van der Waals surface area contributed by atoms with Gasteiger partial charge in [-0.25, -0.2) is 15.0 Å². The first-order chi connectivity index (χ1) is 15.0. The summed E-state index contributed by atoms with van der Waals surface area (Å²) in [5.74, 6) is 0.831. The number of fused-ring (bicyclic) bond motifs is 2. The number of nitrogens with one attached hydrogen (secondary N) is 1. The third-order valence-electron chi connectivity index (χ3n) is 5.57. The average Bonchev–Trinajstić information content (AvgIpc) is 3.30. The number of imidazole rings is 1. The number of hydrogen-bond acceptors (Lipinski definition) is 4. The van der Waals surface area contributed by atoms with Gasteiger partial charge in [-0.15, -0.1) is 0 Å². The first-order valence-corrected chi connectivity index (χ1v) is 10.1. The van der Waals surface area contributed by atoms with Crippen LogP contribution in [0.5, 0.6) is 0 Å². The minimum absolute atomic E-state index is 0.233. The van der Waals surface area contributed by atoms with E-state index in [2.05, 4.69) is 38.2 Å². The number of aryl methyl sites for hydroxylation is 3. The van der Waals surface area contributed by atoms with E-state index in [0.29, 0.717) is 18.2 Å². The van der Waals surface area contributed by atoms with Gasteiger partial charge in [0.15, 0.2) is 5.82 Å². The highest BCUT2D eigenvalue weighted by atomic mass is 16.2. The average molecular weight is 410 g/mol.